The van der Waals surface area contributed by atoms with E-state index in [1.54, 1.807) is 29.2 Å². The molecule has 2 fully saturated rings. The number of imide groups is 1. The van der Waals surface area contributed by atoms with Gasteiger partial charge < -0.3 is 15.1 Å². The molecule has 8 heteroatoms. The Bertz CT molecular complexity index is 735. The van der Waals surface area contributed by atoms with E-state index in [9.17, 15) is 24.6 Å². The molecule has 0 aliphatic carbocycles. The van der Waals surface area contributed by atoms with Crippen molar-refractivity contribution in [3.05, 3.63) is 29.8 Å². The number of rotatable bonds is 5. The number of hydrogen-bond acceptors (Lipinski definition) is 5. The number of urea groups is 1. The lowest BCUT2D eigenvalue weighted by Crippen LogP contribution is -2.54. The van der Waals surface area contributed by atoms with Crippen LogP contribution < -0.4 is 10.2 Å². The van der Waals surface area contributed by atoms with Gasteiger partial charge in [0.15, 0.2) is 0 Å². The standard InChI is InChI=1S/C19H25N3O5/c1-2-7-19(12-23)8-9-21(10-15(19)24)17(26)13-3-5-14(6-4-13)22-11-16(25)20-18(22)27/h3-6,15,23-24H,2,7-12H2,1H3,(H,20,25,27)/t15-,19-/m1/s1. The smallest absolute Gasteiger partial charge is 0.329 e. The number of anilines is 1. The predicted molar refractivity (Wildman–Crippen MR) is 98.3 cm³/mol. The number of carbonyl (C=O) groups is 3. The van der Waals surface area contributed by atoms with Crippen molar-refractivity contribution in [1.82, 2.24) is 10.2 Å². The second-order valence-electron chi connectivity index (χ2n) is 7.27. The molecule has 3 N–H and O–H groups in total. The van der Waals surface area contributed by atoms with Crippen LogP contribution in [0, 0.1) is 5.41 Å². The van der Waals surface area contributed by atoms with Crippen LogP contribution in [0.5, 0.6) is 0 Å². The molecule has 1 aromatic rings. The molecule has 3 rings (SSSR count). The topological polar surface area (TPSA) is 110 Å². The maximum absolute atomic E-state index is 12.8. The molecule has 0 saturated carbocycles. The number of aliphatic hydroxyl groups is 2. The molecule has 2 aliphatic heterocycles. The molecule has 0 unspecified atom stereocenters. The van der Waals surface area contributed by atoms with Crippen LogP contribution in [0.2, 0.25) is 0 Å². The van der Waals surface area contributed by atoms with Crippen molar-refractivity contribution in [3.63, 3.8) is 0 Å². The van der Waals surface area contributed by atoms with E-state index in [1.165, 1.54) is 4.90 Å². The molecular weight excluding hydrogens is 350 g/mol. The zero-order valence-corrected chi connectivity index (χ0v) is 15.4. The molecule has 0 spiro atoms. The number of nitrogens with one attached hydrogen (secondary N) is 1. The summed E-state index contributed by atoms with van der Waals surface area (Å²) in [6.07, 6.45) is 1.37. The Morgan fingerprint density at radius 1 is 1.30 bits per heavy atom. The Hall–Kier alpha value is -2.45. The van der Waals surface area contributed by atoms with E-state index in [2.05, 4.69) is 5.32 Å². The SMILES string of the molecule is CCC[C@]1(CO)CCN(C(=O)c2ccc(N3CC(=O)NC3=O)cc2)C[C@H]1O. The van der Waals surface area contributed by atoms with E-state index in [1.807, 2.05) is 6.92 Å². The molecule has 2 heterocycles. The zero-order chi connectivity index (χ0) is 19.6. The lowest BCUT2D eigenvalue weighted by Gasteiger charge is -2.44. The molecule has 2 atom stereocenters. The van der Waals surface area contributed by atoms with Crippen molar-refractivity contribution < 1.29 is 24.6 Å². The van der Waals surface area contributed by atoms with Crippen molar-refractivity contribution >= 4 is 23.5 Å². The Morgan fingerprint density at radius 2 is 2.00 bits per heavy atom. The lowest BCUT2D eigenvalue weighted by molar-refractivity contribution is -0.117. The molecule has 146 valence electrons. The van der Waals surface area contributed by atoms with Gasteiger partial charge in [-0.15, -0.1) is 0 Å². The summed E-state index contributed by atoms with van der Waals surface area (Å²) in [7, 11) is 0. The minimum Gasteiger partial charge on any atom is -0.396 e. The summed E-state index contributed by atoms with van der Waals surface area (Å²) < 4.78 is 0. The Kier molecular flexibility index (Phi) is 5.48. The Labute approximate surface area is 157 Å². The van der Waals surface area contributed by atoms with E-state index < -0.39 is 17.6 Å². The minimum atomic E-state index is -0.765. The van der Waals surface area contributed by atoms with Gasteiger partial charge in [-0.2, -0.15) is 0 Å². The first-order valence-electron chi connectivity index (χ1n) is 9.20. The highest BCUT2D eigenvalue weighted by atomic mass is 16.3. The van der Waals surface area contributed by atoms with Crippen LogP contribution >= 0.6 is 0 Å². The maximum Gasteiger partial charge on any atom is 0.329 e. The second-order valence-corrected chi connectivity index (χ2v) is 7.27. The van der Waals surface area contributed by atoms with Crippen LogP contribution in [-0.4, -0.2) is 65.3 Å². The fraction of sp³-hybridized carbons (Fsp3) is 0.526. The summed E-state index contributed by atoms with van der Waals surface area (Å²) in [4.78, 5) is 38.7. The maximum atomic E-state index is 12.8. The molecule has 2 saturated heterocycles. The largest absolute Gasteiger partial charge is 0.396 e. The number of β-amino-alcohol motifs (C(OH)–C–C–N with tert-alkyl or cyclic N) is 1. The number of hydrogen-bond donors (Lipinski definition) is 3. The number of carbonyl (C=O) groups excluding carboxylic acids is 3. The predicted octanol–water partition coefficient (Wildman–Crippen LogP) is 0.728. The summed E-state index contributed by atoms with van der Waals surface area (Å²) in [6, 6.07) is 6.00. The molecule has 2 aliphatic rings. The molecule has 4 amide bonds. The highest BCUT2D eigenvalue weighted by Gasteiger charge is 2.42. The van der Waals surface area contributed by atoms with Crippen molar-refractivity contribution in [2.45, 2.75) is 32.3 Å². The zero-order valence-electron chi connectivity index (χ0n) is 15.4. The van der Waals surface area contributed by atoms with Crippen molar-refractivity contribution in [2.75, 3.05) is 31.1 Å². The molecular formula is C19H25N3O5. The highest BCUT2D eigenvalue weighted by Crippen LogP contribution is 2.36. The van der Waals surface area contributed by atoms with Gasteiger partial charge in [0.1, 0.15) is 6.54 Å². The summed E-state index contributed by atoms with van der Waals surface area (Å²) in [5.74, 6) is -0.563. The van der Waals surface area contributed by atoms with Gasteiger partial charge in [-0.25, -0.2) is 4.79 Å². The van der Waals surface area contributed by atoms with Gasteiger partial charge in [0.05, 0.1) is 12.7 Å². The van der Waals surface area contributed by atoms with Gasteiger partial charge in [-0.05, 0) is 37.1 Å². The van der Waals surface area contributed by atoms with E-state index >= 15 is 0 Å². The van der Waals surface area contributed by atoms with Crippen LogP contribution in [0.1, 0.15) is 36.5 Å². The lowest BCUT2D eigenvalue weighted by atomic mass is 9.73. The van der Waals surface area contributed by atoms with Gasteiger partial charge in [0.25, 0.3) is 5.91 Å². The summed E-state index contributed by atoms with van der Waals surface area (Å²) >= 11 is 0. The second kappa shape index (κ2) is 7.66. The van der Waals surface area contributed by atoms with Gasteiger partial charge in [0, 0.05) is 29.8 Å². The van der Waals surface area contributed by atoms with Crippen LogP contribution in [0.25, 0.3) is 0 Å². The first-order valence-corrected chi connectivity index (χ1v) is 9.20. The van der Waals surface area contributed by atoms with Gasteiger partial charge in [-0.1, -0.05) is 13.3 Å². The van der Waals surface area contributed by atoms with Crippen molar-refractivity contribution in [1.29, 1.82) is 0 Å². The van der Waals surface area contributed by atoms with E-state index in [-0.39, 0.29) is 31.5 Å². The highest BCUT2D eigenvalue weighted by molar-refractivity contribution is 6.12. The Morgan fingerprint density at radius 3 is 2.52 bits per heavy atom. The first-order chi connectivity index (χ1) is 12.9. The van der Waals surface area contributed by atoms with E-state index in [0.29, 0.717) is 24.2 Å². The average Bonchev–Trinajstić information content (AvgIpc) is 3.01. The molecule has 8 nitrogen and oxygen atoms in total. The number of benzene rings is 1. The minimum absolute atomic E-state index is 0.0366. The molecule has 1 aromatic carbocycles. The third-order valence-corrected chi connectivity index (χ3v) is 5.55. The van der Waals surface area contributed by atoms with Crippen molar-refractivity contribution in [2.24, 2.45) is 5.41 Å². The number of nitrogens with zero attached hydrogens (tertiary/aromatic N) is 2. The van der Waals surface area contributed by atoms with E-state index in [0.717, 1.165) is 12.8 Å². The Balaban J connectivity index is 1.68. The third-order valence-electron chi connectivity index (χ3n) is 5.55. The molecule has 27 heavy (non-hydrogen) atoms. The van der Waals surface area contributed by atoms with Crippen molar-refractivity contribution in [3.8, 4) is 0 Å². The quantitative estimate of drug-likeness (QED) is 0.657. The van der Waals surface area contributed by atoms with E-state index in [4.69, 9.17) is 0 Å². The number of likely N-dealkylation sites (tertiary alicyclic amines) is 1. The van der Waals surface area contributed by atoms with Gasteiger partial charge in [0.2, 0.25) is 5.91 Å². The fourth-order valence-corrected chi connectivity index (χ4v) is 3.87. The monoisotopic (exact) mass is 375 g/mol. The number of amides is 4. The molecule has 0 bridgehead atoms. The average molecular weight is 375 g/mol. The van der Waals surface area contributed by atoms with Gasteiger partial charge >= 0.3 is 6.03 Å². The summed E-state index contributed by atoms with van der Waals surface area (Å²) in [5, 5.41) is 22.5. The van der Waals surface area contributed by atoms with Crippen LogP contribution in [0.3, 0.4) is 0 Å². The molecule has 0 aromatic heterocycles. The summed E-state index contributed by atoms with van der Waals surface area (Å²) in [5.41, 5.74) is 0.449. The molecule has 0 radical (unpaired) electrons. The first kappa shape index (κ1) is 19.3. The number of piperidine rings is 1. The summed E-state index contributed by atoms with van der Waals surface area (Å²) in [6.45, 7) is 2.54. The fourth-order valence-electron chi connectivity index (χ4n) is 3.87. The third kappa shape index (κ3) is 3.68. The van der Waals surface area contributed by atoms with Crippen LogP contribution in [0.15, 0.2) is 24.3 Å². The van der Waals surface area contributed by atoms with Gasteiger partial charge in [-0.3, -0.25) is 19.8 Å². The normalized spacial score (nSPS) is 25.7. The van der Waals surface area contributed by atoms with Crippen LogP contribution in [-0.2, 0) is 4.79 Å². The van der Waals surface area contributed by atoms with Crippen LogP contribution in [0.4, 0.5) is 10.5 Å². The number of aliphatic hydroxyl groups excluding tert-OH is 2.